The van der Waals surface area contributed by atoms with Crippen LogP contribution in [0.1, 0.15) is 26.2 Å². The van der Waals surface area contributed by atoms with E-state index >= 15 is 0 Å². The first kappa shape index (κ1) is 9.79. The summed E-state index contributed by atoms with van der Waals surface area (Å²) < 4.78 is 36.2. The highest BCUT2D eigenvalue weighted by atomic mass is 19.2. The predicted molar refractivity (Wildman–Crippen MR) is 35.3 cm³/mol. The molecule has 0 rings (SSSR count). The second-order valence-electron chi connectivity index (χ2n) is 2.30. The maximum atomic E-state index is 12.4. The molecule has 62 valence electrons. The molecular weight excluding hydrogens is 141 g/mol. The molecule has 0 amide bonds. The van der Waals surface area contributed by atoms with Gasteiger partial charge in [-0.15, -0.1) is 0 Å². The van der Waals surface area contributed by atoms with E-state index in [4.69, 9.17) is 0 Å². The Bertz CT molecular complexity index is 65.3. The lowest BCUT2D eigenvalue weighted by Crippen LogP contribution is -2.17. The number of hydrogen-bond donors (Lipinski definition) is 0. The zero-order valence-electron chi connectivity index (χ0n) is 6.12. The van der Waals surface area contributed by atoms with Gasteiger partial charge in [0.2, 0.25) is 0 Å². The van der Waals surface area contributed by atoms with E-state index in [-0.39, 0.29) is 12.8 Å². The number of alkyl halides is 3. The highest BCUT2D eigenvalue weighted by Gasteiger charge is 2.18. The standard InChI is InChI=1S/C7H13F3/c1-2-3-6(9)7(10)4-5-8/h6-7H,2-5H2,1H3/t6?,7-/m0/s1. The number of rotatable bonds is 5. The fourth-order valence-corrected chi connectivity index (χ4v) is 0.742. The van der Waals surface area contributed by atoms with Gasteiger partial charge >= 0.3 is 0 Å². The molecule has 0 aromatic heterocycles. The van der Waals surface area contributed by atoms with Crippen LogP contribution in [-0.2, 0) is 0 Å². The van der Waals surface area contributed by atoms with Gasteiger partial charge in [-0.2, -0.15) is 0 Å². The van der Waals surface area contributed by atoms with E-state index in [0.717, 1.165) is 0 Å². The lowest BCUT2D eigenvalue weighted by atomic mass is 10.1. The second-order valence-corrected chi connectivity index (χ2v) is 2.30. The molecule has 10 heavy (non-hydrogen) atoms. The van der Waals surface area contributed by atoms with Crippen LogP contribution >= 0.6 is 0 Å². The van der Waals surface area contributed by atoms with Gasteiger partial charge in [-0.25, -0.2) is 8.78 Å². The third-order valence-corrected chi connectivity index (χ3v) is 1.34. The average molecular weight is 154 g/mol. The Hall–Kier alpha value is -0.210. The molecule has 1 unspecified atom stereocenters. The summed E-state index contributed by atoms with van der Waals surface area (Å²) in [5, 5.41) is 0. The molecule has 0 spiro atoms. The van der Waals surface area contributed by atoms with Gasteiger partial charge in [-0.3, -0.25) is 4.39 Å². The summed E-state index contributed by atoms with van der Waals surface area (Å²) >= 11 is 0. The van der Waals surface area contributed by atoms with Crippen LogP contribution in [0.2, 0.25) is 0 Å². The van der Waals surface area contributed by atoms with Gasteiger partial charge in [-0.05, 0) is 6.42 Å². The maximum Gasteiger partial charge on any atom is 0.134 e. The van der Waals surface area contributed by atoms with Gasteiger partial charge in [0.05, 0.1) is 6.67 Å². The van der Waals surface area contributed by atoms with Crippen molar-refractivity contribution >= 4 is 0 Å². The summed E-state index contributed by atoms with van der Waals surface area (Å²) in [6.45, 7) is 1.00. The molecule has 0 N–H and O–H groups in total. The van der Waals surface area contributed by atoms with Crippen LogP contribution in [0.25, 0.3) is 0 Å². The number of hydrogen-bond acceptors (Lipinski definition) is 0. The Morgan fingerprint density at radius 2 is 1.60 bits per heavy atom. The Morgan fingerprint density at radius 3 is 2.00 bits per heavy atom. The maximum absolute atomic E-state index is 12.4. The monoisotopic (exact) mass is 154 g/mol. The molecule has 0 aliphatic heterocycles. The van der Waals surface area contributed by atoms with Crippen LogP contribution in [0, 0.1) is 0 Å². The zero-order chi connectivity index (χ0) is 7.98. The number of halogens is 3. The lowest BCUT2D eigenvalue weighted by Gasteiger charge is -2.09. The molecule has 0 nitrogen and oxygen atoms in total. The molecule has 0 aliphatic carbocycles. The van der Waals surface area contributed by atoms with Crippen molar-refractivity contribution in [2.45, 2.75) is 38.5 Å². The van der Waals surface area contributed by atoms with Crippen molar-refractivity contribution in [3.8, 4) is 0 Å². The van der Waals surface area contributed by atoms with E-state index in [1.165, 1.54) is 0 Å². The van der Waals surface area contributed by atoms with E-state index in [2.05, 4.69) is 0 Å². The summed E-state index contributed by atoms with van der Waals surface area (Å²) in [4.78, 5) is 0. The van der Waals surface area contributed by atoms with Gasteiger partial charge in [-0.1, -0.05) is 13.3 Å². The Labute approximate surface area is 59.4 Å². The topological polar surface area (TPSA) is 0 Å². The van der Waals surface area contributed by atoms with Crippen molar-refractivity contribution in [2.75, 3.05) is 6.67 Å². The fourth-order valence-electron chi connectivity index (χ4n) is 0.742. The first-order chi connectivity index (χ1) is 4.72. The zero-order valence-corrected chi connectivity index (χ0v) is 6.12. The van der Waals surface area contributed by atoms with Crippen LogP contribution in [-0.4, -0.2) is 19.0 Å². The van der Waals surface area contributed by atoms with E-state index in [0.29, 0.717) is 6.42 Å². The van der Waals surface area contributed by atoms with Crippen LogP contribution in [0.15, 0.2) is 0 Å². The molecule has 0 fully saturated rings. The van der Waals surface area contributed by atoms with Crippen molar-refractivity contribution in [1.82, 2.24) is 0 Å². The molecular formula is C7H13F3. The summed E-state index contributed by atoms with van der Waals surface area (Å²) in [6.07, 6.45) is -2.58. The van der Waals surface area contributed by atoms with Gasteiger partial charge in [0.1, 0.15) is 12.3 Å². The van der Waals surface area contributed by atoms with Crippen molar-refractivity contribution in [3.05, 3.63) is 0 Å². The largest absolute Gasteiger partial charge is 0.251 e. The minimum Gasteiger partial charge on any atom is -0.251 e. The third-order valence-electron chi connectivity index (χ3n) is 1.34. The highest BCUT2D eigenvalue weighted by Crippen LogP contribution is 2.13. The van der Waals surface area contributed by atoms with Crippen molar-refractivity contribution in [1.29, 1.82) is 0 Å². The molecule has 2 atom stereocenters. The highest BCUT2D eigenvalue weighted by molar-refractivity contribution is 4.66. The summed E-state index contributed by atoms with van der Waals surface area (Å²) in [5.41, 5.74) is 0. The Morgan fingerprint density at radius 1 is 1.10 bits per heavy atom. The summed E-state index contributed by atoms with van der Waals surface area (Å²) in [7, 11) is 0. The van der Waals surface area contributed by atoms with Gasteiger partial charge in [0, 0.05) is 6.42 Å². The van der Waals surface area contributed by atoms with Crippen molar-refractivity contribution in [3.63, 3.8) is 0 Å². The molecule has 0 aliphatic rings. The summed E-state index contributed by atoms with van der Waals surface area (Å²) in [6, 6.07) is 0. The second kappa shape index (κ2) is 5.57. The predicted octanol–water partition coefficient (Wildman–Crippen LogP) is 2.82. The third kappa shape index (κ3) is 3.75. The fraction of sp³-hybridized carbons (Fsp3) is 1.00. The van der Waals surface area contributed by atoms with Crippen LogP contribution in [0.4, 0.5) is 13.2 Å². The minimum absolute atomic E-state index is 0.196. The first-order valence-electron chi connectivity index (χ1n) is 3.56. The van der Waals surface area contributed by atoms with Crippen molar-refractivity contribution in [2.24, 2.45) is 0 Å². The molecule has 3 heteroatoms. The van der Waals surface area contributed by atoms with E-state index < -0.39 is 19.0 Å². The molecule has 0 bridgehead atoms. The van der Waals surface area contributed by atoms with E-state index in [1.54, 1.807) is 6.92 Å². The molecule has 0 aromatic rings. The summed E-state index contributed by atoms with van der Waals surface area (Å²) in [5.74, 6) is 0. The normalized spacial score (nSPS) is 16.8. The minimum atomic E-state index is -1.61. The Kier molecular flexibility index (Phi) is 5.45. The quantitative estimate of drug-likeness (QED) is 0.571. The molecule has 0 saturated carbocycles. The van der Waals surface area contributed by atoms with Crippen molar-refractivity contribution < 1.29 is 13.2 Å². The average Bonchev–Trinajstić information content (AvgIpc) is 1.89. The molecule has 0 radical (unpaired) electrons. The first-order valence-corrected chi connectivity index (χ1v) is 3.56. The van der Waals surface area contributed by atoms with E-state index in [9.17, 15) is 13.2 Å². The SMILES string of the molecule is CCCC(F)[C@@H](F)CCF. The van der Waals surface area contributed by atoms with Gasteiger partial charge < -0.3 is 0 Å². The molecule has 0 heterocycles. The van der Waals surface area contributed by atoms with Crippen LogP contribution < -0.4 is 0 Å². The van der Waals surface area contributed by atoms with Crippen LogP contribution in [0.3, 0.4) is 0 Å². The van der Waals surface area contributed by atoms with Gasteiger partial charge in [0.25, 0.3) is 0 Å². The van der Waals surface area contributed by atoms with E-state index in [1.807, 2.05) is 0 Å². The van der Waals surface area contributed by atoms with Crippen LogP contribution in [0.5, 0.6) is 0 Å². The van der Waals surface area contributed by atoms with Gasteiger partial charge in [0.15, 0.2) is 0 Å². The molecule has 0 saturated heterocycles. The molecule has 0 aromatic carbocycles. The lowest BCUT2D eigenvalue weighted by molar-refractivity contribution is 0.140. The Balaban J connectivity index is 3.38. The smallest absolute Gasteiger partial charge is 0.134 e.